The Morgan fingerprint density at radius 1 is 1.30 bits per heavy atom. The Morgan fingerprint density at radius 2 is 2.00 bits per heavy atom. The summed E-state index contributed by atoms with van der Waals surface area (Å²) in [4.78, 5) is 4.83. The molecule has 0 radical (unpaired) electrons. The van der Waals surface area contributed by atoms with Crippen LogP contribution >= 0.6 is 23.8 Å². The van der Waals surface area contributed by atoms with Crippen LogP contribution in [0.15, 0.2) is 24.3 Å². The minimum absolute atomic E-state index is 0.331. The molecule has 0 fully saturated rings. The summed E-state index contributed by atoms with van der Waals surface area (Å²) in [6.45, 7) is 5.86. The Labute approximate surface area is 129 Å². The first kappa shape index (κ1) is 14.8. The van der Waals surface area contributed by atoms with Gasteiger partial charge in [-0.3, -0.25) is 0 Å². The van der Waals surface area contributed by atoms with Gasteiger partial charge in [-0.15, -0.1) is 0 Å². The van der Waals surface area contributed by atoms with Crippen LogP contribution in [0.2, 0.25) is 5.02 Å². The Balaban J connectivity index is 2.53. The molecule has 0 bridgehead atoms. The molecule has 2 rings (SSSR count). The van der Waals surface area contributed by atoms with E-state index in [1.54, 1.807) is 0 Å². The molecular weight excluding hydrogens is 290 g/mol. The highest BCUT2D eigenvalue weighted by molar-refractivity contribution is 7.80. The summed E-state index contributed by atoms with van der Waals surface area (Å²) < 4.78 is 0. The van der Waals surface area contributed by atoms with E-state index in [1.165, 1.54) is 0 Å². The molecule has 3 nitrogen and oxygen atoms in total. The molecule has 1 aromatic heterocycles. The first-order valence-corrected chi connectivity index (χ1v) is 6.99. The van der Waals surface area contributed by atoms with E-state index < -0.39 is 0 Å². The lowest BCUT2D eigenvalue weighted by Gasteiger charge is -2.15. The summed E-state index contributed by atoms with van der Waals surface area (Å²) >= 11 is 11.3. The molecule has 1 heterocycles. The van der Waals surface area contributed by atoms with Gasteiger partial charge in [0.05, 0.1) is 5.56 Å². The van der Waals surface area contributed by atoms with Gasteiger partial charge in [0.2, 0.25) is 0 Å². The first-order chi connectivity index (χ1) is 9.40. The van der Waals surface area contributed by atoms with Crippen molar-refractivity contribution in [3.8, 4) is 0 Å². The molecule has 0 atom stereocenters. The van der Waals surface area contributed by atoms with Gasteiger partial charge in [-0.25, -0.2) is 4.98 Å². The number of aromatic nitrogens is 1. The quantitative estimate of drug-likeness (QED) is 0.840. The fourth-order valence-corrected chi connectivity index (χ4v) is 2.54. The molecule has 20 heavy (non-hydrogen) atoms. The molecule has 0 aliphatic rings. The third-order valence-electron chi connectivity index (χ3n) is 3.11. The number of pyridine rings is 1. The topological polar surface area (TPSA) is 50.9 Å². The zero-order valence-corrected chi connectivity index (χ0v) is 13.2. The molecular formula is C15H16ClN3S. The lowest BCUT2D eigenvalue weighted by atomic mass is 10.1. The molecule has 5 heteroatoms. The summed E-state index contributed by atoms with van der Waals surface area (Å²) in [5, 5.41) is 3.99. The Kier molecular flexibility index (Phi) is 4.26. The van der Waals surface area contributed by atoms with Gasteiger partial charge in [-0.1, -0.05) is 29.9 Å². The van der Waals surface area contributed by atoms with Crippen molar-refractivity contribution >= 4 is 40.3 Å². The Bertz CT molecular complexity index is 683. The van der Waals surface area contributed by atoms with Crippen molar-refractivity contribution in [1.82, 2.24) is 4.98 Å². The second-order valence-corrected chi connectivity index (χ2v) is 5.55. The third-order valence-corrected chi connectivity index (χ3v) is 3.73. The second kappa shape index (κ2) is 5.77. The van der Waals surface area contributed by atoms with Crippen molar-refractivity contribution in [1.29, 1.82) is 0 Å². The van der Waals surface area contributed by atoms with E-state index in [-0.39, 0.29) is 0 Å². The highest BCUT2D eigenvalue weighted by Crippen LogP contribution is 2.28. The number of hydrogen-bond acceptors (Lipinski definition) is 3. The summed E-state index contributed by atoms with van der Waals surface area (Å²) in [6.07, 6.45) is 0. The van der Waals surface area contributed by atoms with Gasteiger partial charge < -0.3 is 11.1 Å². The van der Waals surface area contributed by atoms with Crippen LogP contribution in [0.4, 0.5) is 11.5 Å². The zero-order chi connectivity index (χ0) is 14.9. The normalized spacial score (nSPS) is 10.4. The van der Waals surface area contributed by atoms with Crippen molar-refractivity contribution in [3.63, 3.8) is 0 Å². The lowest BCUT2D eigenvalue weighted by Crippen LogP contribution is -2.15. The van der Waals surface area contributed by atoms with Crippen molar-refractivity contribution in [2.75, 3.05) is 5.32 Å². The number of hydrogen-bond donors (Lipinski definition) is 2. The van der Waals surface area contributed by atoms with Crippen molar-refractivity contribution < 1.29 is 0 Å². The van der Waals surface area contributed by atoms with E-state index in [0.29, 0.717) is 15.8 Å². The van der Waals surface area contributed by atoms with Crippen molar-refractivity contribution in [3.05, 3.63) is 51.7 Å². The largest absolute Gasteiger partial charge is 0.389 e. The van der Waals surface area contributed by atoms with Crippen LogP contribution in [0.5, 0.6) is 0 Å². The maximum Gasteiger partial charge on any atom is 0.141 e. The fraction of sp³-hybridized carbons (Fsp3) is 0.200. The standard InChI is InChI=1S/C15H16ClN3S/c1-8-7-9(2)18-15(13(8)14(17)20)19-12-6-4-5-11(16)10(12)3/h4-7H,1-3H3,(H2,17,20)(H,18,19). The summed E-state index contributed by atoms with van der Waals surface area (Å²) in [5.74, 6) is 0.667. The van der Waals surface area contributed by atoms with Gasteiger partial charge in [-0.05, 0) is 50.1 Å². The van der Waals surface area contributed by atoms with Crippen LogP contribution in [-0.4, -0.2) is 9.97 Å². The molecule has 3 N–H and O–H groups in total. The van der Waals surface area contributed by atoms with Gasteiger partial charge in [0.25, 0.3) is 0 Å². The average molecular weight is 306 g/mol. The van der Waals surface area contributed by atoms with Crippen LogP contribution < -0.4 is 11.1 Å². The van der Waals surface area contributed by atoms with E-state index in [1.807, 2.05) is 45.0 Å². The van der Waals surface area contributed by atoms with Crippen LogP contribution in [0, 0.1) is 20.8 Å². The number of nitrogens with two attached hydrogens (primary N) is 1. The number of anilines is 2. The maximum absolute atomic E-state index is 6.13. The van der Waals surface area contributed by atoms with E-state index in [2.05, 4.69) is 10.3 Å². The molecule has 0 amide bonds. The predicted octanol–water partition coefficient (Wildman–Crippen LogP) is 4.04. The number of halogens is 1. The molecule has 0 aliphatic carbocycles. The number of rotatable bonds is 3. The number of thiocarbonyl (C=S) groups is 1. The van der Waals surface area contributed by atoms with Gasteiger partial charge in [0.15, 0.2) is 0 Å². The fourth-order valence-electron chi connectivity index (χ4n) is 2.11. The van der Waals surface area contributed by atoms with Gasteiger partial charge >= 0.3 is 0 Å². The minimum atomic E-state index is 0.331. The number of benzene rings is 1. The smallest absolute Gasteiger partial charge is 0.141 e. The van der Waals surface area contributed by atoms with Crippen LogP contribution in [0.1, 0.15) is 22.4 Å². The SMILES string of the molecule is Cc1cc(C)c(C(N)=S)c(Nc2cccc(Cl)c2C)n1. The molecule has 2 aromatic rings. The summed E-state index contributed by atoms with van der Waals surface area (Å²) in [5.41, 5.74) is 10.4. The molecule has 0 spiro atoms. The third kappa shape index (κ3) is 2.92. The highest BCUT2D eigenvalue weighted by Gasteiger charge is 2.13. The minimum Gasteiger partial charge on any atom is -0.389 e. The molecule has 0 unspecified atom stereocenters. The number of nitrogens with zero attached hydrogens (tertiary/aromatic N) is 1. The monoisotopic (exact) mass is 305 g/mol. The number of aryl methyl sites for hydroxylation is 2. The van der Waals surface area contributed by atoms with Crippen LogP contribution in [0.25, 0.3) is 0 Å². The van der Waals surface area contributed by atoms with Gasteiger partial charge in [0.1, 0.15) is 10.8 Å². The molecule has 1 aromatic carbocycles. The van der Waals surface area contributed by atoms with E-state index in [0.717, 1.165) is 28.1 Å². The van der Waals surface area contributed by atoms with Crippen LogP contribution in [-0.2, 0) is 0 Å². The van der Waals surface area contributed by atoms with E-state index in [4.69, 9.17) is 29.6 Å². The van der Waals surface area contributed by atoms with Crippen LogP contribution in [0.3, 0.4) is 0 Å². The predicted molar refractivity (Wildman–Crippen MR) is 89.1 cm³/mol. The van der Waals surface area contributed by atoms with E-state index >= 15 is 0 Å². The zero-order valence-electron chi connectivity index (χ0n) is 11.6. The average Bonchev–Trinajstić information content (AvgIpc) is 2.33. The maximum atomic E-state index is 6.13. The molecule has 0 saturated heterocycles. The number of nitrogens with one attached hydrogen (secondary N) is 1. The summed E-state index contributed by atoms with van der Waals surface area (Å²) in [6, 6.07) is 7.65. The highest BCUT2D eigenvalue weighted by atomic mass is 35.5. The first-order valence-electron chi connectivity index (χ1n) is 6.20. The van der Waals surface area contributed by atoms with Crippen molar-refractivity contribution in [2.45, 2.75) is 20.8 Å². The molecule has 0 saturated carbocycles. The van der Waals surface area contributed by atoms with Gasteiger partial charge in [0, 0.05) is 16.4 Å². The Morgan fingerprint density at radius 3 is 2.65 bits per heavy atom. The van der Waals surface area contributed by atoms with Gasteiger partial charge in [-0.2, -0.15) is 0 Å². The van der Waals surface area contributed by atoms with Crippen molar-refractivity contribution in [2.24, 2.45) is 5.73 Å². The summed E-state index contributed by atoms with van der Waals surface area (Å²) in [7, 11) is 0. The lowest BCUT2D eigenvalue weighted by molar-refractivity contribution is 1.16. The molecule has 0 aliphatic heterocycles. The Hall–Kier alpha value is -1.65. The van der Waals surface area contributed by atoms with E-state index in [9.17, 15) is 0 Å². The molecule has 104 valence electrons. The second-order valence-electron chi connectivity index (χ2n) is 4.71.